The monoisotopic (exact) mass is 284 g/mol. The number of carbonyl (C=O) groups excluding carboxylic acids is 1. The molecule has 0 aromatic carbocycles. The zero-order valence-corrected chi connectivity index (χ0v) is 13.4. The molecule has 0 aliphatic rings. The van der Waals surface area contributed by atoms with Crippen molar-refractivity contribution >= 4 is 21.8 Å². The largest absolute Gasteiger partial charge is 1.00 e. The first-order chi connectivity index (χ1) is 5.44. The number of carboxylic acid groups (broad SMARTS) is 2. The van der Waals surface area contributed by atoms with Gasteiger partial charge < -0.3 is 34.6 Å². The van der Waals surface area contributed by atoms with Gasteiger partial charge in [-0.25, -0.2) is 9.13 Å². The van der Waals surface area contributed by atoms with Gasteiger partial charge in [-0.2, -0.15) is 4.31 Å². The predicted molar refractivity (Wildman–Crippen MR) is 30.6 cm³/mol. The fourth-order valence-electron chi connectivity index (χ4n) is 0.139. The van der Waals surface area contributed by atoms with Crippen molar-refractivity contribution in [2.24, 2.45) is 0 Å². The van der Waals surface area contributed by atoms with Gasteiger partial charge in [0.2, 0.25) is 0 Å². The first-order valence-corrected chi connectivity index (χ1v) is 5.20. The Balaban J connectivity index is -0.0000000883. The van der Waals surface area contributed by atoms with E-state index in [0.29, 0.717) is 0 Å². The first-order valence-electron chi connectivity index (χ1n) is 2.14. The molecule has 0 radical (unpaired) electrons. The Kier molecular flexibility index (Phi) is 18.1. The molecule has 0 spiro atoms. The molecule has 0 atom stereocenters. The van der Waals surface area contributed by atoms with Gasteiger partial charge in [0.05, 0.1) is 0 Å². The van der Waals surface area contributed by atoms with E-state index in [1.54, 1.807) is 0 Å². The van der Waals surface area contributed by atoms with Crippen molar-refractivity contribution in [3.8, 4) is 0 Å². The van der Waals surface area contributed by atoms with Crippen LogP contribution < -0.4 is 69.3 Å². The van der Waals surface area contributed by atoms with Gasteiger partial charge in [-0.05, 0) is 6.16 Å². The predicted octanol–water partition coefficient (Wildman–Crippen LogP) is -9.25. The van der Waals surface area contributed by atoms with E-state index in [4.69, 9.17) is 34.6 Å². The van der Waals surface area contributed by atoms with Crippen molar-refractivity contribution in [1.82, 2.24) is 0 Å². The summed E-state index contributed by atoms with van der Waals surface area (Å²) in [5.41, 5.74) is 0. The minimum atomic E-state index is -5.05. The van der Waals surface area contributed by atoms with E-state index >= 15 is 0 Å². The molecule has 4 N–H and O–H groups in total. The van der Waals surface area contributed by atoms with Crippen LogP contribution in [0.15, 0.2) is 0 Å². The van der Waals surface area contributed by atoms with Crippen molar-refractivity contribution in [3.63, 3.8) is 0 Å². The summed E-state index contributed by atoms with van der Waals surface area (Å²) in [6, 6.07) is 0. The quantitative estimate of drug-likeness (QED) is 0.280. The van der Waals surface area contributed by atoms with Gasteiger partial charge in [-0.1, -0.05) is 0 Å². The second-order valence-electron chi connectivity index (χ2n) is 1.31. The van der Waals surface area contributed by atoms with E-state index in [1.165, 1.54) is 0 Å². The van der Waals surface area contributed by atoms with Crippen LogP contribution >= 0.6 is 15.6 Å². The zero-order valence-electron chi connectivity index (χ0n) is 7.63. The maximum atomic E-state index is 9.63. The summed E-state index contributed by atoms with van der Waals surface area (Å²) in [7, 11) is -10.1. The number of hydrogen-bond acceptors (Lipinski definition) is 6. The SMILES string of the molecule is O=C([O-])[O-].O=P(O)(O)OP(=O)(O)O.[Na+].[Na+]. The summed E-state index contributed by atoms with van der Waals surface area (Å²) >= 11 is 0. The Labute approximate surface area is 128 Å². The van der Waals surface area contributed by atoms with E-state index in [0.717, 1.165) is 0 Å². The van der Waals surface area contributed by atoms with E-state index in [9.17, 15) is 9.13 Å². The number of rotatable bonds is 2. The van der Waals surface area contributed by atoms with Crippen LogP contribution in [0.25, 0.3) is 0 Å². The molecule has 80 valence electrons. The van der Waals surface area contributed by atoms with Gasteiger partial charge >= 0.3 is 74.8 Å². The smallest absolute Gasteiger partial charge is 0.652 e. The molecule has 0 saturated carbocycles. The molecule has 0 fully saturated rings. The maximum Gasteiger partial charge on any atom is 1.00 e. The summed E-state index contributed by atoms with van der Waals surface area (Å²) < 4.78 is 22.2. The Bertz CT molecular complexity index is 226. The second-order valence-corrected chi connectivity index (χ2v) is 3.93. The van der Waals surface area contributed by atoms with Gasteiger partial charge in [0.25, 0.3) is 0 Å². The van der Waals surface area contributed by atoms with Crippen molar-refractivity contribution in [2.45, 2.75) is 0 Å². The third kappa shape index (κ3) is 50.1. The molecule has 0 aromatic heterocycles. The molecule has 0 saturated heterocycles. The van der Waals surface area contributed by atoms with E-state index in [-0.39, 0.29) is 59.1 Å². The number of carbonyl (C=O) groups is 1. The van der Waals surface area contributed by atoms with Gasteiger partial charge in [0, 0.05) is 0 Å². The Morgan fingerprint density at radius 3 is 1.07 bits per heavy atom. The summed E-state index contributed by atoms with van der Waals surface area (Å²) in [6.45, 7) is 0. The van der Waals surface area contributed by atoms with E-state index in [1.807, 2.05) is 0 Å². The number of hydrogen-bond donors (Lipinski definition) is 4. The van der Waals surface area contributed by atoms with Gasteiger partial charge in [0.15, 0.2) is 0 Å². The van der Waals surface area contributed by atoms with Crippen LogP contribution in [0.4, 0.5) is 4.79 Å². The normalized spacial score (nSPS) is 9.87. The van der Waals surface area contributed by atoms with Crippen LogP contribution in [0.2, 0.25) is 0 Å². The molecule has 0 aromatic rings. The minimum absolute atomic E-state index is 0. The van der Waals surface area contributed by atoms with Gasteiger partial charge in [-0.3, -0.25) is 0 Å². The average molecular weight is 284 g/mol. The van der Waals surface area contributed by atoms with Gasteiger partial charge in [-0.15, -0.1) is 0 Å². The van der Waals surface area contributed by atoms with Crippen LogP contribution in [-0.2, 0) is 13.4 Å². The van der Waals surface area contributed by atoms with E-state index < -0.39 is 21.8 Å². The van der Waals surface area contributed by atoms with Crippen LogP contribution in [-0.4, -0.2) is 25.7 Å². The molecular weight excluding hydrogens is 280 g/mol. The van der Waals surface area contributed by atoms with Crippen molar-refractivity contribution in [2.75, 3.05) is 0 Å². The summed E-state index contributed by atoms with van der Waals surface area (Å²) in [6.07, 6.45) is -2.33. The van der Waals surface area contributed by atoms with Gasteiger partial charge in [0.1, 0.15) is 0 Å². The van der Waals surface area contributed by atoms with Crippen LogP contribution in [0.1, 0.15) is 0 Å². The van der Waals surface area contributed by atoms with Crippen molar-refractivity contribution in [1.29, 1.82) is 0 Å². The first kappa shape index (κ1) is 25.4. The van der Waals surface area contributed by atoms with Crippen LogP contribution in [0, 0.1) is 0 Å². The van der Waals surface area contributed by atoms with Crippen molar-refractivity contribution in [3.05, 3.63) is 0 Å². The summed E-state index contributed by atoms with van der Waals surface area (Å²) in [5, 5.41) is 16.7. The summed E-state index contributed by atoms with van der Waals surface area (Å²) in [4.78, 5) is 39.3. The zero-order chi connectivity index (χ0) is 11.3. The molecule has 0 aliphatic heterocycles. The molecule has 0 rings (SSSR count). The third-order valence-electron chi connectivity index (χ3n) is 0.213. The molecule has 0 unspecified atom stereocenters. The molecular formula is CH4Na2O10P2. The molecule has 0 bridgehead atoms. The molecule has 15 heavy (non-hydrogen) atoms. The molecule has 0 heterocycles. The Hall–Kier alpha value is 1.53. The van der Waals surface area contributed by atoms with Crippen LogP contribution in [0.3, 0.4) is 0 Å². The second kappa shape index (κ2) is 10.7. The topological polar surface area (TPSA) is 187 Å². The Morgan fingerprint density at radius 1 is 0.933 bits per heavy atom. The third-order valence-corrected chi connectivity index (χ3v) is 1.91. The molecule has 14 heteroatoms. The molecule has 0 aliphatic carbocycles. The standard InChI is InChI=1S/CH2O3.2Na.H4O7P2/c2-1(3)4;;;1-8(2,3)7-9(4,5)6/h(H2,2,3,4);;;(H2,1,2,3)(H2,4,5,6)/q;2*+1;/p-2. The average Bonchev–Trinajstić information content (AvgIpc) is 1.47. The maximum absolute atomic E-state index is 9.63. The molecule has 0 amide bonds. The van der Waals surface area contributed by atoms with Crippen molar-refractivity contribution < 1.29 is 107 Å². The summed E-state index contributed by atoms with van der Waals surface area (Å²) in [5.74, 6) is 0. The molecule has 10 nitrogen and oxygen atoms in total. The van der Waals surface area contributed by atoms with E-state index in [2.05, 4.69) is 4.31 Å². The Morgan fingerprint density at radius 2 is 1.07 bits per heavy atom. The fourth-order valence-corrected chi connectivity index (χ4v) is 1.25. The fraction of sp³-hybridized carbons (Fsp3) is 0. The minimum Gasteiger partial charge on any atom is -0.652 e. The van der Waals surface area contributed by atoms with Crippen LogP contribution in [0.5, 0.6) is 0 Å². The number of phosphoric acid groups is 2.